The topological polar surface area (TPSA) is 135 Å². The van der Waals surface area contributed by atoms with Crippen molar-refractivity contribution in [3.8, 4) is 0 Å². The maximum atomic E-state index is 13.5. The summed E-state index contributed by atoms with van der Waals surface area (Å²) in [5.74, 6) is -0.953. The molecule has 3 rings (SSSR count). The van der Waals surface area contributed by atoms with E-state index in [9.17, 15) is 19.2 Å². The highest BCUT2D eigenvalue weighted by atomic mass is 16.5. The highest BCUT2D eigenvalue weighted by Crippen LogP contribution is 2.21. The molecular formula is C59H92N4O6. The summed E-state index contributed by atoms with van der Waals surface area (Å²) in [5, 5.41) is 11.4. The van der Waals surface area contributed by atoms with Crippen molar-refractivity contribution < 1.29 is 28.7 Å². The Morgan fingerprint density at radius 2 is 0.754 bits per heavy atom. The molecule has 384 valence electrons. The van der Waals surface area contributed by atoms with Crippen LogP contribution in [0.15, 0.2) is 78.9 Å². The summed E-state index contributed by atoms with van der Waals surface area (Å²) >= 11 is 0. The summed E-state index contributed by atoms with van der Waals surface area (Å²) in [4.78, 5) is 53.7. The summed E-state index contributed by atoms with van der Waals surface area (Å²) in [6, 6.07) is 21.3. The van der Waals surface area contributed by atoms with E-state index in [2.05, 4.69) is 35.1 Å². The van der Waals surface area contributed by atoms with Gasteiger partial charge in [-0.2, -0.15) is 0 Å². The van der Waals surface area contributed by atoms with E-state index < -0.39 is 36.1 Å². The van der Waals surface area contributed by atoms with Crippen molar-refractivity contribution in [2.75, 3.05) is 23.8 Å². The van der Waals surface area contributed by atoms with Crippen LogP contribution in [0, 0.1) is 6.92 Å². The molecule has 0 saturated heterocycles. The lowest BCUT2D eigenvalue weighted by atomic mass is 10.0. The zero-order chi connectivity index (χ0) is 49.4. The third-order valence-corrected chi connectivity index (χ3v) is 13.0. The van der Waals surface area contributed by atoms with Crippen LogP contribution in [0.1, 0.15) is 210 Å². The number of amides is 4. The number of unbranched alkanes of at least 4 members (excludes halogenated alkanes) is 26. The highest BCUT2D eigenvalue weighted by molar-refractivity contribution is 5.96. The zero-order valence-electron chi connectivity index (χ0n) is 43.2. The molecule has 0 aliphatic carbocycles. The smallest absolute Gasteiger partial charge is 0.329 e. The van der Waals surface area contributed by atoms with Crippen molar-refractivity contribution in [2.24, 2.45) is 0 Å². The van der Waals surface area contributed by atoms with E-state index >= 15 is 0 Å². The number of nitrogens with one attached hydrogen (secondary N) is 4. The van der Waals surface area contributed by atoms with Gasteiger partial charge in [-0.1, -0.05) is 248 Å². The number of hydrogen-bond donors (Lipinski definition) is 4. The van der Waals surface area contributed by atoms with E-state index in [-0.39, 0.29) is 12.8 Å². The highest BCUT2D eigenvalue weighted by Gasteiger charge is 2.25. The van der Waals surface area contributed by atoms with Gasteiger partial charge < -0.3 is 30.7 Å². The van der Waals surface area contributed by atoms with Gasteiger partial charge in [-0.25, -0.2) is 19.2 Å². The maximum Gasteiger partial charge on any atom is 0.329 e. The summed E-state index contributed by atoms with van der Waals surface area (Å²) in [5.41, 5.74) is 3.41. The van der Waals surface area contributed by atoms with Crippen LogP contribution in [0.25, 0.3) is 0 Å². The Hall–Kier alpha value is -4.86. The van der Waals surface area contributed by atoms with Crippen LogP contribution in [0.5, 0.6) is 0 Å². The van der Waals surface area contributed by atoms with Gasteiger partial charge in [0.2, 0.25) is 0 Å². The number of esters is 2. The largest absolute Gasteiger partial charge is 0.464 e. The molecule has 0 unspecified atom stereocenters. The predicted octanol–water partition coefficient (Wildman–Crippen LogP) is 15.5. The standard InChI is InChI=1S/C59H92N4O6/c1-4-6-8-10-12-14-16-18-20-22-24-26-28-36-44-68-56(64)54(46-50-38-32-30-33-39-50)62-58(66)60-52-43-42-49(3)53(48-52)61-59(67)63-55(47-51-40-34-31-35-41-51)57(65)69-45-37-29-27-25-23-21-19-17-15-13-11-9-7-5-2/h30-35,38-43,48,54-55H,4-29,36-37,44-47H2,1-3H3,(H2,60,62,66)(H2,61,63,67)/t54-,55-/m0/s1. The van der Waals surface area contributed by atoms with E-state index in [1.54, 1.807) is 18.2 Å². The van der Waals surface area contributed by atoms with Crippen molar-refractivity contribution in [1.82, 2.24) is 10.6 Å². The molecule has 0 aliphatic heterocycles. The lowest BCUT2D eigenvalue weighted by Gasteiger charge is -2.20. The molecule has 0 heterocycles. The second kappa shape index (κ2) is 38.9. The number of aryl methyl sites for hydroxylation is 1. The summed E-state index contributed by atoms with van der Waals surface area (Å²) in [6.45, 7) is 6.98. The minimum absolute atomic E-state index is 0.276. The van der Waals surface area contributed by atoms with Crippen LogP contribution in [0.3, 0.4) is 0 Å². The first-order valence-corrected chi connectivity index (χ1v) is 27.5. The molecule has 0 aliphatic rings. The number of urea groups is 2. The Morgan fingerprint density at radius 1 is 0.420 bits per heavy atom. The third kappa shape index (κ3) is 29.0. The Labute approximate surface area is 418 Å². The van der Waals surface area contributed by atoms with E-state index in [0.29, 0.717) is 24.6 Å². The van der Waals surface area contributed by atoms with Crippen molar-refractivity contribution in [3.63, 3.8) is 0 Å². The fraction of sp³-hybridized carbons (Fsp3) is 0.627. The Morgan fingerprint density at radius 3 is 1.12 bits per heavy atom. The molecule has 3 aromatic carbocycles. The quantitative estimate of drug-likeness (QED) is 0.0331. The molecule has 0 fully saturated rings. The van der Waals surface area contributed by atoms with Gasteiger partial charge in [0.05, 0.1) is 13.2 Å². The van der Waals surface area contributed by atoms with Gasteiger partial charge >= 0.3 is 24.0 Å². The molecule has 0 aromatic heterocycles. The number of carbonyl (C=O) groups is 4. The van der Waals surface area contributed by atoms with E-state index in [0.717, 1.165) is 55.2 Å². The van der Waals surface area contributed by atoms with Crippen LogP contribution >= 0.6 is 0 Å². The first-order valence-electron chi connectivity index (χ1n) is 27.5. The molecule has 10 heteroatoms. The average Bonchev–Trinajstić information content (AvgIpc) is 3.35. The van der Waals surface area contributed by atoms with Crippen molar-refractivity contribution in [3.05, 3.63) is 95.6 Å². The van der Waals surface area contributed by atoms with E-state index in [1.807, 2.05) is 67.6 Å². The molecule has 0 spiro atoms. The Bertz CT molecular complexity index is 1790. The third-order valence-electron chi connectivity index (χ3n) is 13.0. The van der Waals surface area contributed by atoms with Crippen molar-refractivity contribution in [2.45, 2.75) is 225 Å². The van der Waals surface area contributed by atoms with Gasteiger partial charge in [0.25, 0.3) is 0 Å². The maximum absolute atomic E-state index is 13.5. The lowest BCUT2D eigenvalue weighted by Crippen LogP contribution is -2.45. The average molecular weight is 953 g/mol. The van der Waals surface area contributed by atoms with Crippen LogP contribution in [0.4, 0.5) is 21.0 Å². The van der Waals surface area contributed by atoms with Crippen LogP contribution in [0.2, 0.25) is 0 Å². The number of rotatable bonds is 40. The first kappa shape index (κ1) is 58.5. The van der Waals surface area contributed by atoms with Crippen LogP contribution in [-0.4, -0.2) is 49.3 Å². The van der Waals surface area contributed by atoms with E-state index in [1.165, 1.54) is 141 Å². The number of ether oxygens (including phenoxy) is 2. The minimum atomic E-state index is -0.901. The molecule has 0 saturated carbocycles. The summed E-state index contributed by atoms with van der Waals surface area (Å²) in [6.07, 6.45) is 35.5. The molecule has 4 N–H and O–H groups in total. The Balaban J connectivity index is 1.43. The molecule has 0 radical (unpaired) electrons. The van der Waals surface area contributed by atoms with Gasteiger partial charge in [-0.05, 0) is 48.6 Å². The normalized spacial score (nSPS) is 11.9. The SMILES string of the molecule is CCCCCCCCCCCCCCCCOC(=O)[C@H](Cc1ccccc1)NC(=O)Nc1ccc(C)c(NC(=O)N[C@@H](Cc2ccccc2)C(=O)OCCCCCCCCCCCCCCCC)c1. The van der Waals surface area contributed by atoms with Crippen LogP contribution in [-0.2, 0) is 31.9 Å². The molecule has 2 atom stereocenters. The number of anilines is 2. The number of hydrogen-bond acceptors (Lipinski definition) is 6. The molecule has 3 aromatic rings. The van der Waals surface area contributed by atoms with Crippen LogP contribution < -0.4 is 21.3 Å². The summed E-state index contributed by atoms with van der Waals surface area (Å²) < 4.78 is 11.4. The van der Waals surface area contributed by atoms with Gasteiger partial charge in [0.15, 0.2) is 0 Å². The summed E-state index contributed by atoms with van der Waals surface area (Å²) in [7, 11) is 0. The second-order valence-corrected chi connectivity index (χ2v) is 19.2. The molecule has 4 amide bonds. The number of carbonyl (C=O) groups excluding carboxylic acids is 4. The van der Waals surface area contributed by atoms with Gasteiger partial charge in [-0.15, -0.1) is 0 Å². The molecule has 10 nitrogen and oxygen atoms in total. The minimum Gasteiger partial charge on any atom is -0.464 e. The van der Waals surface area contributed by atoms with Crippen molar-refractivity contribution >= 4 is 35.4 Å². The fourth-order valence-corrected chi connectivity index (χ4v) is 8.70. The van der Waals surface area contributed by atoms with Gasteiger partial charge in [0, 0.05) is 24.2 Å². The lowest BCUT2D eigenvalue weighted by molar-refractivity contribution is -0.146. The van der Waals surface area contributed by atoms with Crippen molar-refractivity contribution in [1.29, 1.82) is 0 Å². The second-order valence-electron chi connectivity index (χ2n) is 19.2. The molecular weight excluding hydrogens is 861 g/mol. The van der Waals surface area contributed by atoms with E-state index in [4.69, 9.17) is 9.47 Å². The molecule has 69 heavy (non-hydrogen) atoms. The number of benzene rings is 3. The molecule has 0 bridgehead atoms. The monoisotopic (exact) mass is 953 g/mol. The van der Waals surface area contributed by atoms with Gasteiger partial charge in [-0.3, -0.25) is 0 Å². The first-order chi connectivity index (χ1) is 33.8. The fourth-order valence-electron chi connectivity index (χ4n) is 8.70. The zero-order valence-corrected chi connectivity index (χ0v) is 43.2. The Kier molecular flexibility index (Phi) is 33.0. The predicted molar refractivity (Wildman–Crippen MR) is 286 cm³/mol. The van der Waals surface area contributed by atoms with Gasteiger partial charge in [0.1, 0.15) is 12.1 Å².